The summed E-state index contributed by atoms with van der Waals surface area (Å²) in [5.74, 6) is 1.00. The van der Waals surface area contributed by atoms with E-state index in [1.54, 1.807) is 19.2 Å². The van der Waals surface area contributed by atoms with Crippen LogP contribution in [0.15, 0.2) is 41.0 Å². The van der Waals surface area contributed by atoms with Crippen molar-refractivity contribution in [1.29, 1.82) is 0 Å². The number of methoxy groups -OCH3 is 1. The van der Waals surface area contributed by atoms with Crippen molar-refractivity contribution in [2.24, 2.45) is 0 Å². The van der Waals surface area contributed by atoms with Crippen LogP contribution in [-0.4, -0.2) is 17.2 Å². The van der Waals surface area contributed by atoms with E-state index in [4.69, 9.17) is 4.74 Å². The largest absolute Gasteiger partial charge is 0.506 e. The number of pyridine rings is 1. The Labute approximate surface area is 126 Å². The van der Waals surface area contributed by atoms with Crippen LogP contribution in [0.2, 0.25) is 0 Å². The van der Waals surface area contributed by atoms with E-state index in [0.29, 0.717) is 6.54 Å². The maximum atomic E-state index is 9.19. The van der Waals surface area contributed by atoms with E-state index in [9.17, 15) is 5.11 Å². The Morgan fingerprint density at radius 1 is 1.35 bits per heavy atom. The average molecular weight is 337 g/mol. The quantitative estimate of drug-likeness (QED) is 0.878. The highest BCUT2D eigenvalue weighted by molar-refractivity contribution is 9.10. The van der Waals surface area contributed by atoms with Crippen molar-refractivity contribution in [1.82, 2.24) is 10.3 Å². The summed E-state index contributed by atoms with van der Waals surface area (Å²) in [5.41, 5.74) is 2.05. The Bertz CT molecular complexity index is 573. The molecule has 20 heavy (non-hydrogen) atoms. The molecule has 0 radical (unpaired) electrons. The van der Waals surface area contributed by atoms with Gasteiger partial charge < -0.3 is 15.2 Å². The van der Waals surface area contributed by atoms with E-state index in [1.807, 2.05) is 18.2 Å². The zero-order valence-electron chi connectivity index (χ0n) is 11.4. The van der Waals surface area contributed by atoms with Crippen molar-refractivity contribution in [3.05, 3.63) is 52.3 Å². The van der Waals surface area contributed by atoms with E-state index in [0.717, 1.165) is 21.5 Å². The SMILES string of the molecule is COc1ccc(C(C)NCc2ccc(O)cn2)cc1Br. The van der Waals surface area contributed by atoms with Gasteiger partial charge in [0.25, 0.3) is 0 Å². The highest BCUT2D eigenvalue weighted by Gasteiger charge is 2.08. The van der Waals surface area contributed by atoms with E-state index < -0.39 is 0 Å². The first kappa shape index (κ1) is 14.8. The van der Waals surface area contributed by atoms with Crippen molar-refractivity contribution in [2.45, 2.75) is 19.5 Å². The highest BCUT2D eigenvalue weighted by atomic mass is 79.9. The maximum absolute atomic E-state index is 9.19. The monoisotopic (exact) mass is 336 g/mol. The predicted octanol–water partition coefficient (Wildman–Crippen LogP) is 3.41. The second-order valence-electron chi connectivity index (χ2n) is 4.50. The van der Waals surface area contributed by atoms with Gasteiger partial charge in [-0.3, -0.25) is 4.98 Å². The first-order valence-electron chi connectivity index (χ1n) is 6.31. The molecule has 1 heterocycles. The molecule has 106 valence electrons. The smallest absolute Gasteiger partial charge is 0.133 e. The fraction of sp³-hybridized carbons (Fsp3) is 0.267. The summed E-state index contributed by atoms with van der Waals surface area (Å²) in [7, 11) is 1.65. The van der Waals surface area contributed by atoms with Gasteiger partial charge in [0.05, 0.1) is 23.5 Å². The van der Waals surface area contributed by atoms with Gasteiger partial charge in [-0.15, -0.1) is 0 Å². The Morgan fingerprint density at radius 2 is 2.15 bits per heavy atom. The molecule has 2 rings (SSSR count). The van der Waals surface area contributed by atoms with Crippen LogP contribution in [0.4, 0.5) is 0 Å². The predicted molar refractivity (Wildman–Crippen MR) is 81.9 cm³/mol. The number of rotatable bonds is 5. The van der Waals surface area contributed by atoms with Gasteiger partial charge in [0.15, 0.2) is 0 Å². The molecule has 4 nitrogen and oxygen atoms in total. The second kappa shape index (κ2) is 6.72. The molecule has 0 spiro atoms. The van der Waals surface area contributed by atoms with Crippen molar-refractivity contribution in [3.8, 4) is 11.5 Å². The Hall–Kier alpha value is -1.59. The molecule has 0 aliphatic rings. The van der Waals surface area contributed by atoms with Crippen molar-refractivity contribution in [3.63, 3.8) is 0 Å². The van der Waals surface area contributed by atoms with Crippen LogP contribution >= 0.6 is 15.9 Å². The van der Waals surface area contributed by atoms with E-state index in [-0.39, 0.29) is 11.8 Å². The molecule has 1 aromatic heterocycles. The Morgan fingerprint density at radius 3 is 2.75 bits per heavy atom. The number of aromatic nitrogens is 1. The minimum absolute atomic E-state index is 0.181. The molecule has 1 unspecified atom stereocenters. The van der Waals surface area contributed by atoms with Crippen LogP contribution < -0.4 is 10.1 Å². The van der Waals surface area contributed by atoms with Gasteiger partial charge in [-0.25, -0.2) is 0 Å². The number of hydrogen-bond acceptors (Lipinski definition) is 4. The summed E-state index contributed by atoms with van der Waals surface area (Å²) in [4.78, 5) is 4.15. The Balaban J connectivity index is 1.99. The molecule has 0 saturated carbocycles. The number of nitrogens with zero attached hydrogens (tertiary/aromatic N) is 1. The van der Waals surface area contributed by atoms with E-state index >= 15 is 0 Å². The van der Waals surface area contributed by atoms with Gasteiger partial charge in [-0.05, 0) is 52.7 Å². The number of hydrogen-bond donors (Lipinski definition) is 2. The zero-order chi connectivity index (χ0) is 14.5. The second-order valence-corrected chi connectivity index (χ2v) is 5.36. The summed E-state index contributed by atoms with van der Waals surface area (Å²) in [6, 6.07) is 9.65. The summed E-state index contributed by atoms with van der Waals surface area (Å²) >= 11 is 3.49. The maximum Gasteiger partial charge on any atom is 0.133 e. The standard InChI is InChI=1S/C15H17BrN2O2/c1-10(11-3-6-15(20-2)14(16)7-11)17-8-12-4-5-13(19)9-18-12/h3-7,9-10,17,19H,8H2,1-2H3. The number of aromatic hydroxyl groups is 1. The zero-order valence-corrected chi connectivity index (χ0v) is 13.0. The lowest BCUT2D eigenvalue weighted by atomic mass is 10.1. The van der Waals surface area contributed by atoms with Gasteiger partial charge in [0.2, 0.25) is 0 Å². The van der Waals surface area contributed by atoms with Gasteiger partial charge in [0.1, 0.15) is 11.5 Å². The number of halogens is 1. The third-order valence-corrected chi connectivity index (χ3v) is 3.69. The van der Waals surface area contributed by atoms with Crippen molar-refractivity contribution in [2.75, 3.05) is 7.11 Å². The third-order valence-electron chi connectivity index (χ3n) is 3.07. The van der Waals surface area contributed by atoms with Gasteiger partial charge in [-0.1, -0.05) is 6.07 Å². The molecular formula is C15H17BrN2O2. The lowest BCUT2D eigenvalue weighted by Gasteiger charge is -2.15. The fourth-order valence-electron chi connectivity index (χ4n) is 1.85. The molecule has 0 bridgehead atoms. The topological polar surface area (TPSA) is 54.4 Å². The van der Waals surface area contributed by atoms with Crippen molar-refractivity contribution < 1.29 is 9.84 Å². The molecule has 2 aromatic rings. The summed E-state index contributed by atoms with van der Waals surface area (Å²) in [6.45, 7) is 2.74. The van der Waals surface area contributed by atoms with Crippen LogP contribution in [0.5, 0.6) is 11.5 Å². The number of benzene rings is 1. The van der Waals surface area contributed by atoms with Gasteiger partial charge in [-0.2, -0.15) is 0 Å². The van der Waals surface area contributed by atoms with E-state index in [2.05, 4.69) is 33.2 Å². The summed E-state index contributed by atoms with van der Waals surface area (Å²) in [5, 5.41) is 12.6. The van der Waals surface area contributed by atoms with Crippen LogP contribution in [-0.2, 0) is 6.54 Å². The van der Waals surface area contributed by atoms with Crippen LogP contribution in [0.1, 0.15) is 24.2 Å². The van der Waals surface area contributed by atoms with E-state index in [1.165, 1.54) is 6.20 Å². The number of ether oxygens (including phenoxy) is 1. The third kappa shape index (κ3) is 3.71. The molecule has 0 amide bonds. The molecule has 0 aliphatic heterocycles. The average Bonchev–Trinajstić information content (AvgIpc) is 2.46. The molecule has 5 heteroatoms. The van der Waals surface area contributed by atoms with Crippen LogP contribution in [0.3, 0.4) is 0 Å². The molecule has 0 aliphatic carbocycles. The van der Waals surface area contributed by atoms with Gasteiger partial charge in [0, 0.05) is 12.6 Å². The molecule has 2 N–H and O–H groups in total. The highest BCUT2D eigenvalue weighted by Crippen LogP contribution is 2.28. The van der Waals surface area contributed by atoms with Gasteiger partial charge >= 0.3 is 0 Å². The molecule has 1 aromatic carbocycles. The molecule has 0 fully saturated rings. The molecule has 1 atom stereocenters. The summed E-state index contributed by atoms with van der Waals surface area (Å²) < 4.78 is 6.16. The fourth-order valence-corrected chi connectivity index (χ4v) is 2.41. The van der Waals surface area contributed by atoms with Crippen molar-refractivity contribution >= 4 is 15.9 Å². The van der Waals surface area contributed by atoms with Crippen LogP contribution in [0, 0.1) is 0 Å². The lowest BCUT2D eigenvalue weighted by Crippen LogP contribution is -2.18. The molecule has 0 saturated heterocycles. The lowest BCUT2D eigenvalue weighted by molar-refractivity contribution is 0.411. The number of nitrogens with one attached hydrogen (secondary N) is 1. The minimum Gasteiger partial charge on any atom is -0.506 e. The normalized spacial score (nSPS) is 12.2. The molecular weight excluding hydrogens is 320 g/mol. The van der Waals surface area contributed by atoms with Crippen LogP contribution in [0.25, 0.3) is 0 Å². The first-order chi connectivity index (χ1) is 9.60. The first-order valence-corrected chi connectivity index (χ1v) is 7.10. The Kier molecular flexibility index (Phi) is 4.98. The summed E-state index contributed by atoms with van der Waals surface area (Å²) in [6.07, 6.45) is 1.45. The minimum atomic E-state index is 0.181.